The molecule has 0 saturated carbocycles. The summed E-state index contributed by atoms with van der Waals surface area (Å²) in [6.07, 6.45) is 2.76. The van der Waals surface area contributed by atoms with Crippen LogP contribution in [0.5, 0.6) is 0 Å². The average molecular weight is 380 g/mol. The van der Waals surface area contributed by atoms with Crippen LogP contribution in [0.15, 0.2) is 12.3 Å². The maximum absolute atomic E-state index is 11.2. The summed E-state index contributed by atoms with van der Waals surface area (Å²) in [6.45, 7) is 2.21. The fourth-order valence-corrected chi connectivity index (χ4v) is 3.93. The third-order valence-corrected chi connectivity index (χ3v) is 5.02. The Balaban J connectivity index is 2.60. The molecule has 1 heterocycles. The van der Waals surface area contributed by atoms with Crippen LogP contribution in [0, 0.1) is 5.92 Å². The molecule has 0 aromatic rings. The first kappa shape index (κ1) is 21.2. The topological polar surface area (TPSA) is 97.3 Å². The van der Waals surface area contributed by atoms with Crippen molar-refractivity contribution in [1.82, 2.24) is 10.2 Å². The molecule has 0 bridgehead atoms. The highest BCUT2D eigenvalue weighted by atomic mass is 32.5. The number of likely N-dealkylation sites (N-methyl/N-ethyl adjacent to an activating group) is 1. The standard InChI is InChI=1S/C14H25N2O6PS/c1-10(2)22-23(19,24)20-8-12-7-11(3)14(21-12)16(9-17)6-5-13(18)15-4/h5-6,9-12,14H,7-8H2,1-4H3,(H,15,18)(H,19,24)/b6-5-/t11-,12?,14?,23?/m0/s1. The summed E-state index contributed by atoms with van der Waals surface area (Å²) < 4.78 is 16.3. The van der Waals surface area contributed by atoms with Crippen molar-refractivity contribution in [3.05, 3.63) is 12.3 Å². The number of rotatable bonds is 9. The van der Waals surface area contributed by atoms with Gasteiger partial charge < -0.3 is 24.0 Å². The third-order valence-electron chi connectivity index (χ3n) is 3.28. The van der Waals surface area contributed by atoms with Crippen LogP contribution >= 0.6 is 6.72 Å². The lowest BCUT2D eigenvalue weighted by Gasteiger charge is -2.24. The number of amides is 2. The van der Waals surface area contributed by atoms with E-state index in [-0.39, 0.29) is 30.6 Å². The summed E-state index contributed by atoms with van der Waals surface area (Å²) in [7, 11) is 1.50. The number of carbonyl (C=O) groups excluding carboxylic acids is 2. The van der Waals surface area contributed by atoms with E-state index in [1.165, 1.54) is 24.2 Å². The fourth-order valence-electron chi connectivity index (χ4n) is 2.28. The lowest BCUT2D eigenvalue weighted by molar-refractivity contribution is -0.129. The van der Waals surface area contributed by atoms with Gasteiger partial charge in [0.05, 0.1) is 18.8 Å². The Bertz CT molecular complexity index is 515. The van der Waals surface area contributed by atoms with Crippen molar-refractivity contribution in [2.45, 2.75) is 45.6 Å². The maximum atomic E-state index is 11.2. The maximum Gasteiger partial charge on any atom is 0.324 e. The van der Waals surface area contributed by atoms with E-state index in [9.17, 15) is 14.5 Å². The molecule has 138 valence electrons. The number of hydrogen-bond donors (Lipinski definition) is 2. The number of carbonyl (C=O) groups is 2. The summed E-state index contributed by atoms with van der Waals surface area (Å²) in [4.78, 5) is 33.7. The van der Waals surface area contributed by atoms with Gasteiger partial charge >= 0.3 is 6.72 Å². The first-order valence-electron chi connectivity index (χ1n) is 7.62. The van der Waals surface area contributed by atoms with Crippen LogP contribution in [0.4, 0.5) is 0 Å². The first-order chi connectivity index (χ1) is 11.2. The minimum absolute atomic E-state index is 0.0284. The van der Waals surface area contributed by atoms with Gasteiger partial charge in [0.25, 0.3) is 0 Å². The molecule has 0 radical (unpaired) electrons. The van der Waals surface area contributed by atoms with E-state index in [2.05, 4.69) is 5.32 Å². The molecule has 2 N–H and O–H groups in total. The number of ether oxygens (including phenoxy) is 1. The van der Waals surface area contributed by atoms with Crippen molar-refractivity contribution in [2.24, 2.45) is 5.92 Å². The van der Waals surface area contributed by atoms with Crippen molar-refractivity contribution >= 4 is 30.8 Å². The summed E-state index contributed by atoms with van der Waals surface area (Å²) >= 11 is 4.92. The zero-order chi connectivity index (χ0) is 18.3. The summed E-state index contributed by atoms with van der Waals surface area (Å²) in [5, 5.41) is 2.43. The third kappa shape index (κ3) is 6.96. The van der Waals surface area contributed by atoms with Crippen LogP contribution < -0.4 is 5.32 Å². The Morgan fingerprint density at radius 1 is 1.58 bits per heavy atom. The summed E-state index contributed by atoms with van der Waals surface area (Å²) in [5.41, 5.74) is 0. The smallest absolute Gasteiger partial charge is 0.324 e. The van der Waals surface area contributed by atoms with E-state index in [0.717, 1.165) is 0 Å². The van der Waals surface area contributed by atoms with Crippen LogP contribution in [0.3, 0.4) is 0 Å². The number of hydrogen-bond acceptors (Lipinski definition) is 6. The molecule has 10 heteroatoms. The molecule has 1 aliphatic rings. The molecule has 0 aromatic heterocycles. The van der Waals surface area contributed by atoms with E-state index >= 15 is 0 Å². The molecular weight excluding hydrogens is 355 g/mol. The van der Waals surface area contributed by atoms with Gasteiger partial charge in [0.1, 0.15) is 6.23 Å². The molecule has 0 spiro atoms. The Kier molecular flexibility index (Phi) is 8.49. The van der Waals surface area contributed by atoms with E-state index in [1.54, 1.807) is 13.8 Å². The quantitative estimate of drug-likeness (QED) is 0.351. The Morgan fingerprint density at radius 3 is 2.79 bits per heavy atom. The molecule has 1 fully saturated rings. The van der Waals surface area contributed by atoms with Gasteiger partial charge in [0.2, 0.25) is 12.3 Å². The molecule has 1 aliphatic heterocycles. The molecule has 24 heavy (non-hydrogen) atoms. The minimum atomic E-state index is -3.30. The van der Waals surface area contributed by atoms with Crippen LogP contribution in [-0.2, 0) is 35.2 Å². The minimum Gasteiger partial charge on any atom is -0.356 e. The van der Waals surface area contributed by atoms with Crippen molar-refractivity contribution in [3.63, 3.8) is 0 Å². The summed E-state index contributed by atoms with van der Waals surface area (Å²) in [6, 6.07) is 0. The molecule has 2 amide bonds. The van der Waals surface area contributed by atoms with Gasteiger partial charge in [0, 0.05) is 25.2 Å². The van der Waals surface area contributed by atoms with E-state index in [1.807, 2.05) is 6.92 Å². The predicted molar refractivity (Wildman–Crippen MR) is 92.2 cm³/mol. The number of nitrogens with zero attached hydrogens (tertiary/aromatic N) is 1. The van der Waals surface area contributed by atoms with Gasteiger partial charge in [-0.1, -0.05) is 6.92 Å². The van der Waals surface area contributed by atoms with Crippen molar-refractivity contribution in [3.8, 4) is 0 Å². The number of nitrogens with one attached hydrogen (secondary N) is 1. The molecule has 1 saturated heterocycles. The van der Waals surface area contributed by atoms with Crippen molar-refractivity contribution in [1.29, 1.82) is 0 Å². The monoisotopic (exact) mass is 380 g/mol. The fraction of sp³-hybridized carbons (Fsp3) is 0.714. The normalized spacial score (nSPS) is 26.5. The van der Waals surface area contributed by atoms with E-state index < -0.39 is 12.9 Å². The van der Waals surface area contributed by atoms with Gasteiger partial charge in [0.15, 0.2) is 0 Å². The summed E-state index contributed by atoms with van der Waals surface area (Å²) in [5.74, 6) is -0.292. The Labute approximate surface area is 147 Å². The SMILES string of the molecule is CNC(=O)/C=C\N(C=O)C1OC(COP(O)(=S)OC(C)C)C[C@@H]1C. The van der Waals surface area contributed by atoms with Crippen molar-refractivity contribution < 1.29 is 28.3 Å². The van der Waals surface area contributed by atoms with Gasteiger partial charge in [-0.3, -0.25) is 14.5 Å². The highest BCUT2D eigenvalue weighted by molar-refractivity contribution is 8.07. The second-order valence-electron chi connectivity index (χ2n) is 5.76. The molecule has 8 nitrogen and oxygen atoms in total. The molecular formula is C14H25N2O6PS. The van der Waals surface area contributed by atoms with E-state index in [4.69, 9.17) is 25.6 Å². The highest BCUT2D eigenvalue weighted by Crippen LogP contribution is 2.45. The predicted octanol–water partition coefficient (Wildman–Crippen LogP) is 1.11. The van der Waals surface area contributed by atoms with Gasteiger partial charge in [-0.2, -0.15) is 0 Å². The largest absolute Gasteiger partial charge is 0.356 e. The molecule has 1 rings (SSSR count). The van der Waals surface area contributed by atoms with Crippen molar-refractivity contribution in [2.75, 3.05) is 13.7 Å². The van der Waals surface area contributed by atoms with Crippen LogP contribution in [-0.4, -0.2) is 54.2 Å². The van der Waals surface area contributed by atoms with Gasteiger partial charge in [-0.05, 0) is 32.1 Å². The molecule has 0 aromatic carbocycles. The first-order valence-corrected chi connectivity index (χ1v) is 10.2. The molecule has 4 atom stereocenters. The van der Waals surface area contributed by atoms with E-state index in [0.29, 0.717) is 12.8 Å². The average Bonchev–Trinajstić information content (AvgIpc) is 2.86. The second-order valence-corrected chi connectivity index (χ2v) is 8.55. The van der Waals surface area contributed by atoms with Gasteiger partial charge in [-0.25, -0.2) is 0 Å². The van der Waals surface area contributed by atoms with Crippen LogP contribution in [0.1, 0.15) is 27.2 Å². The lowest BCUT2D eigenvalue weighted by atomic mass is 10.1. The molecule has 3 unspecified atom stereocenters. The molecule has 0 aliphatic carbocycles. The Hall–Kier alpha value is -0.830. The Morgan fingerprint density at radius 2 is 2.25 bits per heavy atom. The highest BCUT2D eigenvalue weighted by Gasteiger charge is 2.36. The van der Waals surface area contributed by atoms with Gasteiger partial charge in [-0.15, -0.1) is 0 Å². The van der Waals surface area contributed by atoms with Crippen LogP contribution in [0.2, 0.25) is 0 Å². The lowest BCUT2D eigenvalue weighted by Crippen LogP contribution is -2.34. The van der Waals surface area contributed by atoms with Crippen LogP contribution in [0.25, 0.3) is 0 Å². The zero-order valence-corrected chi connectivity index (χ0v) is 16.0. The second kappa shape index (κ2) is 9.60. The zero-order valence-electron chi connectivity index (χ0n) is 14.2.